The maximum atomic E-state index is 10.9. The average molecular weight is 287 g/mol. The van der Waals surface area contributed by atoms with E-state index in [1.54, 1.807) is 6.07 Å². The lowest BCUT2D eigenvalue weighted by molar-refractivity contribution is -0.384. The molecule has 1 aromatic heterocycles. The molecule has 2 rings (SSSR count). The molecule has 21 heavy (non-hydrogen) atoms. The van der Waals surface area contributed by atoms with E-state index >= 15 is 0 Å². The maximum Gasteiger partial charge on any atom is 0.335 e. The summed E-state index contributed by atoms with van der Waals surface area (Å²) in [4.78, 5) is 25.2. The Morgan fingerprint density at radius 1 is 1.38 bits per heavy atom. The summed E-state index contributed by atoms with van der Waals surface area (Å²) in [5.74, 6) is -1.02. The van der Waals surface area contributed by atoms with Crippen molar-refractivity contribution in [1.82, 2.24) is 4.98 Å². The number of nitrogens with zero attached hydrogens (tertiary/aromatic N) is 2. The lowest BCUT2D eigenvalue weighted by Gasteiger charge is -2.09. The molecule has 7 heteroatoms. The molecule has 0 amide bonds. The predicted octanol–water partition coefficient (Wildman–Crippen LogP) is 2.61. The predicted molar refractivity (Wildman–Crippen MR) is 76.4 cm³/mol. The zero-order valence-electron chi connectivity index (χ0n) is 11.2. The average Bonchev–Trinajstić information content (AvgIpc) is 2.46. The number of aromatic carboxylic acids is 1. The maximum absolute atomic E-state index is 10.9. The molecule has 0 radical (unpaired) electrons. The number of non-ortho nitro benzene ring substituents is 1. The largest absolute Gasteiger partial charge is 0.478 e. The van der Waals surface area contributed by atoms with Gasteiger partial charge < -0.3 is 10.4 Å². The number of nitrogens with one attached hydrogen (secondary N) is 1. The van der Waals surface area contributed by atoms with Crippen LogP contribution in [0.5, 0.6) is 0 Å². The van der Waals surface area contributed by atoms with Gasteiger partial charge in [-0.1, -0.05) is 6.07 Å². The van der Waals surface area contributed by atoms with E-state index in [4.69, 9.17) is 5.11 Å². The van der Waals surface area contributed by atoms with Gasteiger partial charge in [-0.2, -0.15) is 0 Å². The van der Waals surface area contributed by atoms with Crippen LogP contribution in [0.4, 0.5) is 11.4 Å². The van der Waals surface area contributed by atoms with Gasteiger partial charge in [0.2, 0.25) is 0 Å². The molecule has 0 fully saturated rings. The molecular weight excluding hydrogens is 274 g/mol. The highest BCUT2D eigenvalue weighted by Crippen LogP contribution is 2.22. The summed E-state index contributed by atoms with van der Waals surface area (Å²) in [6.45, 7) is 2.11. The molecule has 2 aromatic rings. The van der Waals surface area contributed by atoms with Crippen LogP contribution in [0.15, 0.2) is 36.5 Å². The molecule has 0 unspecified atom stereocenters. The first kappa shape index (κ1) is 14.4. The summed E-state index contributed by atoms with van der Waals surface area (Å²) in [6, 6.07) is 7.40. The Labute approximate surface area is 120 Å². The number of nitro benzene ring substituents is 1. The summed E-state index contributed by atoms with van der Waals surface area (Å²) >= 11 is 0. The summed E-state index contributed by atoms with van der Waals surface area (Å²) in [5, 5.41) is 22.7. The first-order valence-corrected chi connectivity index (χ1v) is 6.14. The van der Waals surface area contributed by atoms with Gasteiger partial charge in [-0.25, -0.2) is 4.79 Å². The van der Waals surface area contributed by atoms with E-state index in [-0.39, 0.29) is 17.8 Å². The van der Waals surface area contributed by atoms with Crippen molar-refractivity contribution in [1.29, 1.82) is 0 Å². The third-order valence-corrected chi connectivity index (χ3v) is 2.96. The van der Waals surface area contributed by atoms with Crippen LogP contribution >= 0.6 is 0 Å². The van der Waals surface area contributed by atoms with Crippen LogP contribution in [0.1, 0.15) is 21.6 Å². The molecule has 1 heterocycles. The molecule has 0 aliphatic heterocycles. The quantitative estimate of drug-likeness (QED) is 0.646. The Morgan fingerprint density at radius 3 is 2.81 bits per heavy atom. The highest BCUT2D eigenvalue weighted by Gasteiger charge is 2.09. The van der Waals surface area contributed by atoms with E-state index in [0.717, 1.165) is 5.56 Å². The second kappa shape index (κ2) is 6.00. The Hall–Kier alpha value is -2.96. The zero-order chi connectivity index (χ0) is 15.4. The highest BCUT2D eigenvalue weighted by molar-refractivity contribution is 5.87. The smallest absolute Gasteiger partial charge is 0.335 e. The third-order valence-electron chi connectivity index (χ3n) is 2.96. The number of carboxylic acids is 1. The van der Waals surface area contributed by atoms with Crippen molar-refractivity contribution in [3.63, 3.8) is 0 Å². The fourth-order valence-electron chi connectivity index (χ4n) is 1.81. The minimum atomic E-state index is -1.02. The lowest BCUT2D eigenvalue weighted by Crippen LogP contribution is -2.05. The first-order valence-electron chi connectivity index (χ1n) is 6.14. The lowest BCUT2D eigenvalue weighted by atomic mass is 10.1. The molecule has 1 aromatic carbocycles. The summed E-state index contributed by atoms with van der Waals surface area (Å²) in [6.07, 6.45) is 1.42. The molecule has 0 aliphatic carbocycles. The topological polar surface area (TPSA) is 105 Å². The Bertz CT molecular complexity index is 700. The monoisotopic (exact) mass is 287 g/mol. The molecule has 0 aliphatic rings. The van der Waals surface area contributed by atoms with Crippen molar-refractivity contribution >= 4 is 17.3 Å². The minimum Gasteiger partial charge on any atom is -0.478 e. The number of nitro groups is 1. The van der Waals surface area contributed by atoms with Crippen molar-refractivity contribution in [2.75, 3.05) is 5.32 Å². The molecule has 0 saturated heterocycles. The molecule has 108 valence electrons. The zero-order valence-corrected chi connectivity index (χ0v) is 11.2. The second-order valence-corrected chi connectivity index (χ2v) is 4.45. The number of carboxylic acid groups (broad SMARTS) is 1. The van der Waals surface area contributed by atoms with Crippen molar-refractivity contribution in [3.05, 3.63) is 63.5 Å². The normalized spacial score (nSPS) is 10.1. The number of anilines is 1. The fraction of sp³-hybridized carbons (Fsp3) is 0.143. The van der Waals surface area contributed by atoms with Gasteiger partial charge in [-0.05, 0) is 24.6 Å². The van der Waals surface area contributed by atoms with Crippen molar-refractivity contribution < 1.29 is 14.8 Å². The van der Waals surface area contributed by atoms with Gasteiger partial charge in [0.05, 0.1) is 22.7 Å². The Morgan fingerprint density at radius 2 is 2.14 bits per heavy atom. The second-order valence-electron chi connectivity index (χ2n) is 4.45. The number of aromatic nitrogens is 1. The highest BCUT2D eigenvalue weighted by atomic mass is 16.6. The summed E-state index contributed by atoms with van der Waals surface area (Å²) in [5.41, 5.74) is 2.16. The van der Waals surface area contributed by atoms with Gasteiger partial charge in [0.15, 0.2) is 0 Å². The Kier molecular flexibility index (Phi) is 4.13. The van der Waals surface area contributed by atoms with Gasteiger partial charge in [-0.3, -0.25) is 15.1 Å². The van der Waals surface area contributed by atoms with Crippen molar-refractivity contribution in [3.8, 4) is 0 Å². The van der Waals surface area contributed by atoms with E-state index in [1.165, 1.54) is 30.5 Å². The number of rotatable bonds is 5. The van der Waals surface area contributed by atoms with E-state index in [1.807, 2.05) is 6.92 Å². The van der Waals surface area contributed by atoms with Crippen LogP contribution in [0.2, 0.25) is 0 Å². The standard InChI is InChI=1S/C14H13N3O4/c1-9-2-3-12(17(20)21)7-13(9)16-8-11-6-10(14(18)19)4-5-15-11/h2-7,16H,8H2,1H3,(H,18,19). The molecule has 7 nitrogen and oxygen atoms in total. The number of pyridine rings is 1. The van der Waals surface area contributed by atoms with E-state index in [2.05, 4.69) is 10.3 Å². The molecule has 0 saturated carbocycles. The number of benzene rings is 1. The third kappa shape index (κ3) is 3.53. The van der Waals surface area contributed by atoms with Crippen LogP contribution in [-0.2, 0) is 6.54 Å². The van der Waals surface area contributed by atoms with Crippen LogP contribution in [-0.4, -0.2) is 21.0 Å². The summed E-state index contributed by atoms with van der Waals surface area (Å²) < 4.78 is 0. The molecule has 0 bridgehead atoms. The van der Waals surface area contributed by atoms with Gasteiger partial charge >= 0.3 is 5.97 Å². The summed E-state index contributed by atoms with van der Waals surface area (Å²) in [7, 11) is 0. The molecule has 0 atom stereocenters. The fourth-order valence-corrected chi connectivity index (χ4v) is 1.81. The molecule has 0 spiro atoms. The molecule has 2 N–H and O–H groups in total. The minimum absolute atomic E-state index is 0.00431. The number of hydrogen-bond acceptors (Lipinski definition) is 5. The van der Waals surface area contributed by atoms with E-state index < -0.39 is 10.9 Å². The SMILES string of the molecule is Cc1ccc([N+](=O)[O-])cc1NCc1cc(C(=O)O)ccn1. The van der Waals surface area contributed by atoms with Crippen LogP contribution < -0.4 is 5.32 Å². The molecular formula is C14H13N3O4. The number of aryl methyl sites for hydroxylation is 1. The van der Waals surface area contributed by atoms with E-state index in [9.17, 15) is 14.9 Å². The Balaban J connectivity index is 2.16. The van der Waals surface area contributed by atoms with Crippen molar-refractivity contribution in [2.24, 2.45) is 0 Å². The van der Waals surface area contributed by atoms with E-state index in [0.29, 0.717) is 11.4 Å². The van der Waals surface area contributed by atoms with Crippen LogP contribution in [0.3, 0.4) is 0 Å². The van der Waals surface area contributed by atoms with Gasteiger partial charge in [-0.15, -0.1) is 0 Å². The number of hydrogen-bond donors (Lipinski definition) is 2. The van der Waals surface area contributed by atoms with Gasteiger partial charge in [0, 0.05) is 24.0 Å². The van der Waals surface area contributed by atoms with Crippen LogP contribution in [0, 0.1) is 17.0 Å². The van der Waals surface area contributed by atoms with Gasteiger partial charge in [0.25, 0.3) is 5.69 Å². The number of carbonyl (C=O) groups is 1. The van der Waals surface area contributed by atoms with Crippen molar-refractivity contribution in [2.45, 2.75) is 13.5 Å². The first-order chi connectivity index (χ1) is 9.97. The van der Waals surface area contributed by atoms with Gasteiger partial charge in [0.1, 0.15) is 0 Å². The van der Waals surface area contributed by atoms with Crippen LogP contribution in [0.25, 0.3) is 0 Å².